The first kappa shape index (κ1) is 65.0. The van der Waals surface area contributed by atoms with Crippen LogP contribution in [0, 0.1) is 0 Å². The standard InChI is InChI=1S/C65H98O5/c1-3-5-7-9-11-13-15-17-19-21-22-23-24-25-26-27-28-29-30-31-32-33-34-35-36-37-38-39-40-41-42-44-46-48-50-52-54-56-58-60-65(68)70-63(61-66)62-69-64(67)59-57-55-53-51-49-47-45-43-20-18-16-14-12-10-8-6-4-2/h5-8,11-14,17-20,22-23,25-26,28-29,31-32,34-35,37-38,40-41,45,47,51,53,63,66H,3-4,9-10,15-16,21,24,27,30,33,36,39,42-44,46,48-50,52,54-62H2,1-2H3/b7-5-,8-6-,13-11-,14-12-,19-17-,20-18-,23-22-,26-25-,29-28-,32-31-,35-34-,38-37-,41-40-,47-45-,53-51-. The molecule has 0 saturated carbocycles. The normalized spacial score (nSPS) is 13.7. The summed E-state index contributed by atoms with van der Waals surface area (Å²) in [6.07, 6.45) is 92.9. The van der Waals surface area contributed by atoms with Crippen molar-refractivity contribution in [3.8, 4) is 0 Å². The van der Waals surface area contributed by atoms with Crippen LogP contribution in [0.1, 0.15) is 194 Å². The Hall–Kier alpha value is -5.00. The molecule has 0 heterocycles. The van der Waals surface area contributed by atoms with Crippen molar-refractivity contribution in [2.45, 2.75) is 200 Å². The SMILES string of the molecule is CC/C=C\C/C=C\C/C=C\C/C=C\C/C=C\C/C=C\C/C=C\C/C=C\C/C=C\C/C=C\CCCCCCCCCCC(=O)OC(CO)COC(=O)CCC/C=C\C/C=C\C/C=C\C/C=C\C/C=C\CC. The van der Waals surface area contributed by atoms with Crippen molar-refractivity contribution in [1.29, 1.82) is 0 Å². The van der Waals surface area contributed by atoms with Crippen LogP contribution in [0.5, 0.6) is 0 Å². The molecule has 5 nitrogen and oxygen atoms in total. The van der Waals surface area contributed by atoms with E-state index in [1.54, 1.807) is 0 Å². The van der Waals surface area contributed by atoms with Gasteiger partial charge >= 0.3 is 11.9 Å². The molecule has 0 fully saturated rings. The van der Waals surface area contributed by atoms with Gasteiger partial charge in [-0.05, 0) is 128 Å². The molecule has 0 aromatic heterocycles. The zero-order valence-electron chi connectivity index (χ0n) is 44.2. The van der Waals surface area contributed by atoms with Gasteiger partial charge in [0.05, 0.1) is 6.61 Å². The minimum atomic E-state index is -0.814. The van der Waals surface area contributed by atoms with Crippen molar-refractivity contribution in [2.75, 3.05) is 13.2 Å². The fourth-order valence-electron chi connectivity index (χ4n) is 6.68. The van der Waals surface area contributed by atoms with Crippen LogP contribution in [-0.4, -0.2) is 36.4 Å². The maximum absolute atomic E-state index is 12.3. The summed E-state index contributed by atoms with van der Waals surface area (Å²) in [5.74, 6) is -0.685. The molecule has 0 aromatic carbocycles. The van der Waals surface area contributed by atoms with Crippen LogP contribution in [0.3, 0.4) is 0 Å². The summed E-state index contributed by atoms with van der Waals surface area (Å²) in [4.78, 5) is 24.4. The molecule has 388 valence electrons. The van der Waals surface area contributed by atoms with Gasteiger partial charge in [0.25, 0.3) is 0 Å². The number of unbranched alkanes of at least 4 members (excludes halogenated alkanes) is 9. The Balaban J connectivity index is 3.68. The quantitative estimate of drug-likeness (QED) is 0.0374. The highest BCUT2D eigenvalue weighted by Crippen LogP contribution is 2.12. The highest BCUT2D eigenvalue weighted by molar-refractivity contribution is 5.70. The average molecular weight is 959 g/mol. The van der Waals surface area contributed by atoms with Crippen LogP contribution in [0.15, 0.2) is 182 Å². The minimum absolute atomic E-state index is 0.111. The van der Waals surface area contributed by atoms with Crippen LogP contribution in [0.25, 0.3) is 0 Å². The van der Waals surface area contributed by atoms with Crippen molar-refractivity contribution in [3.63, 3.8) is 0 Å². The minimum Gasteiger partial charge on any atom is -0.462 e. The Morgan fingerprint density at radius 3 is 0.900 bits per heavy atom. The summed E-state index contributed by atoms with van der Waals surface area (Å²) in [7, 11) is 0. The van der Waals surface area contributed by atoms with Crippen molar-refractivity contribution in [3.05, 3.63) is 182 Å². The molecule has 0 radical (unpaired) electrons. The van der Waals surface area contributed by atoms with Crippen LogP contribution < -0.4 is 0 Å². The molecule has 1 unspecified atom stereocenters. The zero-order chi connectivity index (χ0) is 50.6. The number of allylic oxidation sites excluding steroid dienone is 30. The van der Waals surface area contributed by atoms with Gasteiger partial charge in [-0.15, -0.1) is 0 Å². The van der Waals surface area contributed by atoms with Gasteiger partial charge in [-0.1, -0.05) is 235 Å². The van der Waals surface area contributed by atoms with Crippen molar-refractivity contribution in [1.82, 2.24) is 0 Å². The number of aliphatic hydroxyl groups excluding tert-OH is 1. The third kappa shape index (κ3) is 55.6. The largest absolute Gasteiger partial charge is 0.462 e. The number of carbonyl (C=O) groups is 2. The Kier molecular flexibility index (Phi) is 54.1. The average Bonchev–Trinajstić information content (AvgIpc) is 3.36. The van der Waals surface area contributed by atoms with Gasteiger partial charge in [0.2, 0.25) is 0 Å². The van der Waals surface area contributed by atoms with Gasteiger partial charge in [0.1, 0.15) is 6.61 Å². The van der Waals surface area contributed by atoms with Crippen molar-refractivity contribution in [2.24, 2.45) is 0 Å². The molecule has 0 rings (SSSR count). The Morgan fingerprint density at radius 2 is 0.586 bits per heavy atom. The molecule has 0 aliphatic rings. The molecule has 0 bridgehead atoms. The summed E-state index contributed by atoms with van der Waals surface area (Å²) in [6.45, 7) is 3.83. The first-order valence-electron chi connectivity index (χ1n) is 27.3. The summed E-state index contributed by atoms with van der Waals surface area (Å²) < 4.78 is 10.6. The van der Waals surface area contributed by atoms with Crippen LogP contribution in [-0.2, 0) is 19.1 Å². The lowest BCUT2D eigenvalue weighted by atomic mass is 10.1. The summed E-state index contributed by atoms with van der Waals surface area (Å²) in [5.41, 5.74) is 0. The number of hydrogen-bond donors (Lipinski definition) is 1. The molecule has 1 N–H and O–H groups in total. The zero-order valence-corrected chi connectivity index (χ0v) is 44.2. The number of ether oxygens (including phenoxy) is 2. The van der Waals surface area contributed by atoms with Crippen LogP contribution in [0.2, 0.25) is 0 Å². The Bertz CT molecular complexity index is 1650. The van der Waals surface area contributed by atoms with Crippen molar-refractivity contribution < 1.29 is 24.2 Å². The van der Waals surface area contributed by atoms with E-state index in [-0.39, 0.29) is 25.2 Å². The van der Waals surface area contributed by atoms with Gasteiger partial charge in [0, 0.05) is 12.8 Å². The molecule has 0 aromatic rings. The molecule has 0 aliphatic heterocycles. The van der Waals surface area contributed by atoms with E-state index in [4.69, 9.17) is 9.47 Å². The second-order valence-corrected chi connectivity index (χ2v) is 17.2. The topological polar surface area (TPSA) is 72.8 Å². The third-order valence-corrected chi connectivity index (χ3v) is 10.7. The number of hydrogen-bond acceptors (Lipinski definition) is 5. The molecular formula is C65H98O5. The van der Waals surface area contributed by atoms with E-state index in [9.17, 15) is 14.7 Å². The van der Waals surface area contributed by atoms with E-state index >= 15 is 0 Å². The molecule has 0 aliphatic carbocycles. The number of carbonyl (C=O) groups excluding carboxylic acids is 2. The predicted octanol–water partition coefficient (Wildman–Crippen LogP) is 18.7. The molecule has 70 heavy (non-hydrogen) atoms. The maximum atomic E-state index is 12.3. The lowest BCUT2D eigenvalue weighted by Crippen LogP contribution is -2.28. The fraction of sp³-hybridized carbons (Fsp3) is 0.508. The van der Waals surface area contributed by atoms with Gasteiger partial charge < -0.3 is 14.6 Å². The van der Waals surface area contributed by atoms with E-state index in [1.165, 1.54) is 32.1 Å². The van der Waals surface area contributed by atoms with E-state index < -0.39 is 6.10 Å². The van der Waals surface area contributed by atoms with E-state index in [1.807, 2.05) is 0 Å². The monoisotopic (exact) mass is 959 g/mol. The molecule has 0 amide bonds. The van der Waals surface area contributed by atoms with Gasteiger partial charge in [0.15, 0.2) is 6.10 Å². The summed E-state index contributed by atoms with van der Waals surface area (Å²) in [5, 5.41) is 9.62. The lowest BCUT2D eigenvalue weighted by molar-refractivity contribution is -0.161. The first-order valence-corrected chi connectivity index (χ1v) is 27.3. The van der Waals surface area contributed by atoms with Gasteiger partial charge in [-0.3, -0.25) is 9.59 Å². The number of esters is 2. The third-order valence-electron chi connectivity index (χ3n) is 10.7. The molecular weight excluding hydrogens is 861 g/mol. The smallest absolute Gasteiger partial charge is 0.306 e. The van der Waals surface area contributed by atoms with Gasteiger partial charge in [-0.25, -0.2) is 0 Å². The van der Waals surface area contributed by atoms with E-state index in [2.05, 4.69) is 196 Å². The van der Waals surface area contributed by atoms with Crippen molar-refractivity contribution >= 4 is 11.9 Å². The highest BCUT2D eigenvalue weighted by atomic mass is 16.6. The second-order valence-electron chi connectivity index (χ2n) is 17.2. The summed E-state index contributed by atoms with van der Waals surface area (Å²) in [6, 6.07) is 0. The summed E-state index contributed by atoms with van der Waals surface area (Å²) >= 11 is 0. The van der Waals surface area contributed by atoms with Crippen LogP contribution >= 0.6 is 0 Å². The Labute approximate surface area is 429 Å². The van der Waals surface area contributed by atoms with E-state index in [0.717, 1.165) is 128 Å². The van der Waals surface area contributed by atoms with Gasteiger partial charge in [-0.2, -0.15) is 0 Å². The predicted molar refractivity (Wildman–Crippen MR) is 306 cm³/mol. The first-order chi connectivity index (χ1) is 34.6. The lowest BCUT2D eigenvalue weighted by Gasteiger charge is -2.15. The molecule has 5 heteroatoms. The molecule has 1 atom stereocenters. The Morgan fingerprint density at radius 1 is 0.329 bits per heavy atom. The number of aliphatic hydroxyl groups is 1. The second kappa shape index (κ2) is 58.3. The van der Waals surface area contributed by atoms with E-state index in [0.29, 0.717) is 19.3 Å². The molecule has 0 saturated heterocycles. The fourth-order valence-corrected chi connectivity index (χ4v) is 6.68. The van der Waals surface area contributed by atoms with Crippen LogP contribution in [0.4, 0.5) is 0 Å². The number of rotatable bonds is 47. The highest BCUT2D eigenvalue weighted by Gasteiger charge is 2.16. The maximum Gasteiger partial charge on any atom is 0.306 e. The molecule has 0 spiro atoms.